The number of nitrogens with one attached hydrogen (secondary N) is 2. The Morgan fingerprint density at radius 2 is 2.00 bits per heavy atom. The van der Waals surface area contributed by atoms with Gasteiger partial charge in [-0.1, -0.05) is 0 Å². The number of piperazine rings is 1. The van der Waals surface area contributed by atoms with Crippen molar-refractivity contribution >= 4 is 17.7 Å². The molecule has 0 aromatic heterocycles. The van der Waals surface area contributed by atoms with Crippen LogP contribution in [0.5, 0.6) is 0 Å². The predicted octanol–water partition coefficient (Wildman–Crippen LogP) is -1.40. The lowest BCUT2D eigenvalue weighted by molar-refractivity contribution is -0.137. The zero-order chi connectivity index (χ0) is 21.8. The summed E-state index contributed by atoms with van der Waals surface area (Å²) in [5.41, 5.74) is 5.25. The van der Waals surface area contributed by atoms with Crippen LogP contribution in [-0.2, 0) is 28.5 Å². The van der Waals surface area contributed by atoms with E-state index in [1.54, 1.807) is 6.92 Å². The highest BCUT2D eigenvalue weighted by Crippen LogP contribution is 2.55. The van der Waals surface area contributed by atoms with E-state index in [0.717, 1.165) is 0 Å². The number of nitrogens with zero attached hydrogens (tertiary/aromatic N) is 1. The lowest BCUT2D eigenvalue weighted by atomic mass is 9.82. The molecule has 0 saturated carbocycles. The number of Topliss-reactive ketones (excluding diaryl/α,β-unsaturated/α-hetero) is 2. The minimum absolute atomic E-state index is 0.0849. The van der Waals surface area contributed by atoms with E-state index < -0.39 is 24.0 Å². The first-order valence-electron chi connectivity index (χ1n) is 9.66. The smallest absolute Gasteiger partial charge is 0.404 e. The third kappa shape index (κ3) is 2.77. The SMILES string of the molecule is COC(CNC1=C(C)C(=O)C2=C(C1=O)[C@H](COC(N)=O)C1(OC)[C@@H]3N[C@@H]3CN21)OC. The molecule has 0 bridgehead atoms. The van der Waals surface area contributed by atoms with Crippen LogP contribution in [0.15, 0.2) is 22.5 Å². The number of carbonyl (C=O) groups is 3. The molecule has 4 atom stereocenters. The Labute approximate surface area is 173 Å². The molecule has 3 aliphatic heterocycles. The zero-order valence-corrected chi connectivity index (χ0v) is 17.3. The lowest BCUT2D eigenvalue weighted by Gasteiger charge is -2.39. The molecule has 1 aliphatic carbocycles. The molecule has 0 radical (unpaired) electrons. The van der Waals surface area contributed by atoms with Crippen LogP contribution < -0.4 is 16.4 Å². The Morgan fingerprint density at radius 1 is 1.30 bits per heavy atom. The van der Waals surface area contributed by atoms with Gasteiger partial charge in [-0.25, -0.2) is 4.79 Å². The second-order valence-corrected chi connectivity index (χ2v) is 7.70. The van der Waals surface area contributed by atoms with Gasteiger partial charge in [0.25, 0.3) is 0 Å². The van der Waals surface area contributed by atoms with Crippen molar-refractivity contribution in [1.82, 2.24) is 15.5 Å². The summed E-state index contributed by atoms with van der Waals surface area (Å²) in [5.74, 6) is -1.27. The minimum atomic E-state index is -0.993. The molecule has 11 nitrogen and oxygen atoms in total. The van der Waals surface area contributed by atoms with Gasteiger partial charge in [0.15, 0.2) is 12.0 Å². The van der Waals surface area contributed by atoms with Crippen molar-refractivity contribution in [1.29, 1.82) is 0 Å². The van der Waals surface area contributed by atoms with Crippen molar-refractivity contribution < 1.29 is 33.3 Å². The Hall–Kier alpha value is -2.47. The quantitative estimate of drug-likeness (QED) is 0.242. The van der Waals surface area contributed by atoms with Gasteiger partial charge in [-0.3, -0.25) is 9.59 Å². The molecule has 2 fully saturated rings. The van der Waals surface area contributed by atoms with E-state index in [2.05, 4.69) is 10.6 Å². The summed E-state index contributed by atoms with van der Waals surface area (Å²) in [5, 5.41) is 6.30. The van der Waals surface area contributed by atoms with Crippen LogP contribution >= 0.6 is 0 Å². The van der Waals surface area contributed by atoms with E-state index in [9.17, 15) is 14.4 Å². The number of rotatable bonds is 8. The fraction of sp³-hybridized carbons (Fsp3) is 0.632. The largest absolute Gasteiger partial charge is 0.449 e. The molecule has 4 rings (SSSR count). The number of allylic oxidation sites excluding steroid dienone is 2. The molecule has 0 aromatic carbocycles. The standard InChI is InChI=1S/C19H26N4O7/c1-8-13(21-5-11(27-2)28-3)16(25)12-9(7-30-18(20)26)19(29-4)17-10(22-17)6-23(19)14(12)15(8)24/h9-11,17,21-22H,5-7H2,1-4H3,(H2,20,26)/t9-,10+,17+,19?/m0/s1. The maximum atomic E-state index is 13.5. The molecule has 1 amide bonds. The zero-order valence-electron chi connectivity index (χ0n) is 17.3. The van der Waals surface area contributed by atoms with Crippen LogP contribution in [0.4, 0.5) is 4.79 Å². The average molecular weight is 422 g/mol. The summed E-state index contributed by atoms with van der Waals surface area (Å²) in [7, 11) is 4.49. The number of ketones is 2. The topological polar surface area (TPSA) is 151 Å². The van der Waals surface area contributed by atoms with Crippen molar-refractivity contribution in [3.05, 3.63) is 22.5 Å². The maximum Gasteiger partial charge on any atom is 0.404 e. The van der Waals surface area contributed by atoms with Crippen LogP contribution in [0.25, 0.3) is 0 Å². The highest BCUT2D eigenvalue weighted by Gasteiger charge is 2.72. The molecule has 1 unspecified atom stereocenters. The number of methoxy groups -OCH3 is 3. The second-order valence-electron chi connectivity index (χ2n) is 7.70. The molecular weight excluding hydrogens is 396 g/mol. The van der Waals surface area contributed by atoms with E-state index in [-0.39, 0.29) is 48.1 Å². The summed E-state index contributed by atoms with van der Waals surface area (Å²) >= 11 is 0. The summed E-state index contributed by atoms with van der Waals surface area (Å²) in [6.07, 6.45) is -1.55. The molecular formula is C19H26N4O7. The third-order valence-electron chi connectivity index (χ3n) is 6.40. The molecule has 2 saturated heterocycles. The van der Waals surface area contributed by atoms with Gasteiger partial charge in [-0.05, 0) is 6.92 Å². The molecule has 30 heavy (non-hydrogen) atoms. The lowest BCUT2D eigenvalue weighted by Crippen LogP contribution is -2.55. The number of carbonyl (C=O) groups excluding carboxylic acids is 3. The number of nitrogens with two attached hydrogens (primary N) is 1. The Bertz CT molecular complexity index is 865. The summed E-state index contributed by atoms with van der Waals surface area (Å²) in [4.78, 5) is 40.0. The average Bonchev–Trinajstić information content (AvgIpc) is 3.33. The monoisotopic (exact) mass is 422 g/mol. The molecule has 4 N–H and O–H groups in total. The molecule has 4 aliphatic rings. The molecule has 0 spiro atoms. The maximum absolute atomic E-state index is 13.5. The van der Waals surface area contributed by atoms with Crippen molar-refractivity contribution in [2.45, 2.75) is 31.0 Å². The van der Waals surface area contributed by atoms with Crippen LogP contribution in [0.3, 0.4) is 0 Å². The second kappa shape index (κ2) is 7.34. The summed E-state index contributed by atoms with van der Waals surface area (Å²) in [6.45, 7) is 2.13. The fourth-order valence-electron chi connectivity index (χ4n) is 4.95. The van der Waals surface area contributed by atoms with Crippen LogP contribution in [-0.4, -0.2) is 87.7 Å². The van der Waals surface area contributed by atoms with E-state index in [1.807, 2.05) is 4.90 Å². The molecule has 164 valence electrons. The molecule has 3 heterocycles. The number of hydrogen-bond acceptors (Lipinski definition) is 10. The Balaban J connectivity index is 1.71. The number of primary amides is 1. The third-order valence-corrected chi connectivity index (χ3v) is 6.40. The van der Waals surface area contributed by atoms with Gasteiger partial charge in [0.1, 0.15) is 6.61 Å². The van der Waals surface area contributed by atoms with E-state index in [0.29, 0.717) is 17.8 Å². The van der Waals surface area contributed by atoms with Gasteiger partial charge in [-0.15, -0.1) is 0 Å². The number of hydrogen-bond donors (Lipinski definition) is 3. The van der Waals surface area contributed by atoms with Crippen molar-refractivity contribution in [3.63, 3.8) is 0 Å². The van der Waals surface area contributed by atoms with Gasteiger partial charge < -0.3 is 40.2 Å². The molecule has 11 heteroatoms. The molecule has 0 aromatic rings. The Morgan fingerprint density at radius 3 is 2.60 bits per heavy atom. The van der Waals surface area contributed by atoms with E-state index in [1.165, 1.54) is 21.3 Å². The summed E-state index contributed by atoms with van der Waals surface area (Å²) < 4.78 is 21.3. The van der Waals surface area contributed by atoms with Gasteiger partial charge in [0.05, 0.1) is 29.9 Å². The van der Waals surface area contributed by atoms with Gasteiger partial charge in [0, 0.05) is 45.1 Å². The fourth-order valence-corrected chi connectivity index (χ4v) is 4.95. The number of fused-ring (bicyclic) bond motifs is 4. The Kier molecular flexibility index (Phi) is 5.09. The van der Waals surface area contributed by atoms with Crippen molar-refractivity contribution in [2.24, 2.45) is 11.7 Å². The first-order chi connectivity index (χ1) is 14.3. The first-order valence-corrected chi connectivity index (χ1v) is 9.66. The first kappa shape index (κ1) is 20.8. The van der Waals surface area contributed by atoms with Crippen LogP contribution in [0.2, 0.25) is 0 Å². The van der Waals surface area contributed by atoms with Crippen LogP contribution in [0, 0.1) is 5.92 Å². The van der Waals surface area contributed by atoms with Gasteiger partial charge >= 0.3 is 6.09 Å². The van der Waals surface area contributed by atoms with Crippen LogP contribution in [0.1, 0.15) is 6.92 Å². The predicted molar refractivity (Wildman–Crippen MR) is 102 cm³/mol. The minimum Gasteiger partial charge on any atom is -0.449 e. The van der Waals surface area contributed by atoms with E-state index >= 15 is 0 Å². The number of amides is 1. The van der Waals surface area contributed by atoms with Crippen molar-refractivity contribution in [3.8, 4) is 0 Å². The highest BCUT2D eigenvalue weighted by molar-refractivity contribution is 6.25. The van der Waals surface area contributed by atoms with E-state index in [4.69, 9.17) is 24.7 Å². The number of ether oxygens (including phenoxy) is 4. The normalized spacial score (nSPS) is 31.9. The highest BCUT2D eigenvalue weighted by atomic mass is 16.7. The van der Waals surface area contributed by atoms with Gasteiger partial charge in [-0.2, -0.15) is 0 Å². The van der Waals surface area contributed by atoms with Gasteiger partial charge in [0.2, 0.25) is 11.6 Å². The van der Waals surface area contributed by atoms with Crippen molar-refractivity contribution in [2.75, 3.05) is 41.0 Å². The summed E-state index contributed by atoms with van der Waals surface area (Å²) in [6, 6.07) is 0.0595.